The lowest BCUT2D eigenvalue weighted by Gasteiger charge is -2.25. The number of hydrogen-bond donors (Lipinski definition) is 2. The number of nitrogens with zero attached hydrogens (tertiary/aromatic N) is 3. The van der Waals surface area contributed by atoms with Crippen molar-refractivity contribution in [3.63, 3.8) is 0 Å². The van der Waals surface area contributed by atoms with Crippen molar-refractivity contribution < 1.29 is 28.6 Å². The van der Waals surface area contributed by atoms with Gasteiger partial charge in [-0.05, 0) is 96.4 Å². The first-order valence-electron chi connectivity index (χ1n) is 17.9. The van der Waals surface area contributed by atoms with Crippen LogP contribution in [0.15, 0.2) is 35.3 Å². The predicted octanol–water partition coefficient (Wildman–Crippen LogP) is 5.67. The van der Waals surface area contributed by atoms with Crippen LogP contribution in [0.4, 0.5) is 0 Å². The van der Waals surface area contributed by atoms with Gasteiger partial charge in [-0.15, -0.1) is 0 Å². The summed E-state index contributed by atoms with van der Waals surface area (Å²) in [5.41, 5.74) is 7.94. The second-order valence-electron chi connectivity index (χ2n) is 13.8. The van der Waals surface area contributed by atoms with Crippen molar-refractivity contribution in [3.8, 4) is 17.4 Å². The van der Waals surface area contributed by atoms with Crippen LogP contribution in [0, 0.1) is 18.8 Å². The topological polar surface area (TPSA) is 145 Å². The molecule has 2 heterocycles. The Morgan fingerprint density at radius 1 is 1.18 bits per heavy atom. The number of ether oxygens (including phenoxy) is 3. The third-order valence-corrected chi connectivity index (χ3v) is 11.7. The van der Waals surface area contributed by atoms with Gasteiger partial charge in [-0.2, -0.15) is 0 Å². The van der Waals surface area contributed by atoms with Crippen LogP contribution in [0.5, 0.6) is 17.4 Å². The molecule has 3 aliphatic rings. The van der Waals surface area contributed by atoms with Crippen LogP contribution in [-0.2, 0) is 14.4 Å². The van der Waals surface area contributed by atoms with E-state index in [0.29, 0.717) is 40.5 Å². The Labute approximate surface area is 298 Å². The standard InChI is InChI=1S/C38H53N5O6S/c1-7-50(27-15-16-27)42-36(44)29-19-25(29)13-11-9-8-10-12-14-30(39)38(46)43-22-26(20-31(43)37(45)40-5)49-33-21-34(48-23(2)3)41-35-24(4)32(47-6)18-17-28(33)35/h7,11,13,17-18,21,23,25-27,29-31H,5,8-10,12,14-16,19-20,22,39H2,1-4,6H3,(H,42,44)/b13-11-/t25?,26-,29?,30+,31+,50?/m1/s1. The number of nitrogens with one attached hydrogen (secondary N) is 1. The van der Waals surface area contributed by atoms with E-state index >= 15 is 0 Å². The SMILES string of the molecule is C=NC(=O)[C@@H]1C[C@@H](Oc2cc(OC(C)C)nc3c(C)c(OC)ccc23)CN1C(=O)[C@@H](N)CCCCC/C=C\C1CC1C(=O)N/S(=C/C)C1CC1. The fourth-order valence-electron chi connectivity index (χ4n) is 6.61. The summed E-state index contributed by atoms with van der Waals surface area (Å²) in [5.74, 6) is 1.55. The van der Waals surface area contributed by atoms with Gasteiger partial charge in [-0.3, -0.25) is 14.4 Å². The zero-order valence-electron chi connectivity index (χ0n) is 30.1. The van der Waals surface area contributed by atoms with Crippen LogP contribution in [0.2, 0.25) is 0 Å². The Hall–Kier alpha value is -3.77. The van der Waals surface area contributed by atoms with Gasteiger partial charge in [-0.25, -0.2) is 9.98 Å². The number of amides is 3. The Morgan fingerprint density at radius 2 is 1.96 bits per heavy atom. The van der Waals surface area contributed by atoms with E-state index in [1.165, 1.54) is 17.7 Å². The molecule has 0 spiro atoms. The molecule has 272 valence electrons. The molecule has 3 unspecified atom stereocenters. The van der Waals surface area contributed by atoms with Crippen molar-refractivity contribution >= 4 is 51.4 Å². The highest BCUT2D eigenvalue weighted by Gasteiger charge is 2.43. The maximum atomic E-state index is 13.6. The maximum Gasteiger partial charge on any atom is 0.267 e. The molecule has 1 aromatic heterocycles. The number of rotatable bonds is 17. The summed E-state index contributed by atoms with van der Waals surface area (Å²) in [6, 6.07) is 3.97. The van der Waals surface area contributed by atoms with Gasteiger partial charge in [0.2, 0.25) is 17.7 Å². The molecule has 2 saturated carbocycles. The minimum Gasteiger partial charge on any atom is -0.496 e. The molecule has 12 heteroatoms. The number of unbranched alkanes of at least 4 members (excludes halogenated alkanes) is 3. The molecule has 6 atom stereocenters. The van der Waals surface area contributed by atoms with E-state index in [1.54, 1.807) is 13.2 Å². The molecule has 1 aliphatic heterocycles. The predicted molar refractivity (Wildman–Crippen MR) is 200 cm³/mol. The fraction of sp³-hybridized carbons (Fsp3) is 0.579. The molecular weight excluding hydrogens is 655 g/mol. The molecule has 2 aliphatic carbocycles. The largest absolute Gasteiger partial charge is 0.496 e. The lowest BCUT2D eigenvalue weighted by atomic mass is 10.1. The number of benzene rings is 1. The number of allylic oxidation sites excluding steroid dienone is 2. The van der Waals surface area contributed by atoms with Gasteiger partial charge in [0, 0.05) is 34.6 Å². The van der Waals surface area contributed by atoms with Crippen molar-refractivity contribution in [2.24, 2.45) is 22.6 Å². The van der Waals surface area contributed by atoms with E-state index in [2.05, 4.69) is 34.0 Å². The number of hydrogen-bond acceptors (Lipinski definition) is 8. The summed E-state index contributed by atoms with van der Waals surface area (Å²) in [5, 5.41) is 3.57. The first-order valence-corrected chi connectivity index (χ1v) is 19.3. The molecule has 1 aromatic carbocycles. The van der Waals surface area contributed by atoms with Crippen molar-refractivity contribution in [2.45, 2.75) is 115 Å². The van der Waals surface area contributed by atoms with Crippen LogP contribution in [-0.4, -0.2) is 82.9 Å². The van der Waals surface area contributed by atoms with Crippen LogP contribution in [0.1, 0.15) is 84.1 Å². The van der Waals surface area contributed by atoms with E-state index < -0.39 is 24.1 Å². The van der Waals surface area contributed by atoms with E-state index in [-0.39, 0.29) is 47.5 Å². The zero-order valence-corrected chi connectivity index (χ0v) is 30.9. The summed E-state index contributed by atoms with van der Waals surface area (Å²) in [4.78, 5) is 48.8. The Kier molecular flexibility index (Phi) is 12.7. The molecule has 5 rings (SSSR count). The van der Waals surface area contributed by atoms with E-state index in [0.717, 1.165) is 43.1 Å². The number of carbonyl (C=O) groups excluding carboxylic acids is 3. The summed E-state index contributed by atoms with van der Waals surface area (Å²) in [6.07, 6.45) is 11.6. The monoisotopic (exact) mass is 707 g/mol. The third-order valence-electron chi connectivity index (χ3n) is 9.60. The minimum absolute atomic E-state index is 0.0681. The number of aromatic nitrogens is 1. The third kappa shape index (κ3) is 9.31. The normalized spacial score (nSPS) is 22.9. The minimum atomic E-state index is -0.795. The van der Waals surface area contributed by atoms with Gasteiger partial charge in [0.15, 0.2) is 0 Å². The Morgan fingerprint density at radius 3 is 2.64 bits per heavy atom. The van der Waals surface area contributed by atoms with Crippen LogP contribution < -0.4 is 24.7 Å². The highest BCUT2D eigenvalue weighted by atomic mass is 32.2. The first kappa shape index (κ1) is 37.5. The fourth-order valence-corrected chi connectivity index (χ4v) is 8.31. The average molecular weight is 708 g/mol. The van der Waals surface area contributed by atoms with Gasteiger partial charge in [0.05, 0.1) is 31.3 Å². The average Bonchev–Trinajstić information content (AvgIpc) is 4.03. The summed E-state index contributed by atoms with van der Waals surface area (Å²) < 4.78 is 21.2. The maximum absolute atomic E-state index is 13.6. The molecular formula is C38H53N5O6S. The van der Waals surface area contributed by atoms with Crippen molar-refractivity contribution in [2.75, 3.05) is 13.7 Å². The van der Waals surface area contributed by atoms with Crippen LogP contribution in [0.25, 0.3) is 10.9 Å². The highest BCUT2D eigenvalue weighted by Crippen LogP contribution is 2.43. The molecule has 0 radical (unpaired) electrons. The number of likely N-dealkylation sites (tertiary alicyclic amines) is 1. The van der Waals surface area contributed by atoms with Gasteiger partial charge >= 0.3 is 0 Å². The molecule has 2 aromatic rings. The number of fused-ring (bicyclic) bond motifs is 1. The van der Waals surface area contributed by atoms with E-state index in [1.807, 2.05) is 39.8 Å². The zero-order chi connectivity index (χ0) is 35.9. The number of aryl methyl sites for hydroxylation is 1. The Bertz CT molecular complexity index is 1640. The molecule has 50 heavy (non-hydrogen) atoms. The van der Waals surface area contributed by atoms with Crippen molar-refractivity contribution in [3.05, 3.63) is 35.9 Å². The second-order valence-corrected chi connectivity index (χ2v) is 15.9. The van der Waals surface area contributed by atoms with Crippen molar-refractivity contribution in [1.82, 2.24) is 14.6 Å². The van der Waals surface area contributed by atoms with Gasteiger partial charge < -0.3 is 29.6 Å². The van der Waals surface area contributed by atoms with Gasteiger partial charge in [0.1, 0.15) is 23.6 Å². The number of nitrogens with two attached hydrogens (primary N) is 1. The van der Waals surface area contributed by atoms with Crippen LogP contribution >= 0.6 is 10.7 Å². The second kappa shape index (κ2) is 17.0. The quantitative estimate of drug-likeness (QED) is 0.0927. The lowest BCUT2D eigenvalue weighted by molar-refractivity contribution is -0.138. The van der Waals surface area contributed by atoms with Crippen molar-refractivity contribution in [1.29, 1.82) is 0 Å². The molecule has 11 nitrogen and oxygen atoms in total. The first-order chi connectivity index (χ1) is 24.0. The summed E-state index contributed by atoms with van der Waals surface area (Å²) in [7, 11) is 1.55. The molecule has 1 saturated heterocycles. The molecule has 3 amide bonds. The number of pyridine rings is 1. The molecule has 0 bridgehead atoms. The molecule has 3 N–H and O–H groups in total. The number of carbonyl (C=O) groups is 3. The smallest absolute Gasteiger partial charge is 0.267 e. The Balaban J connectivity index is 1.12. The lowest BCUT2D eigenvalue weighted by Crippen LogP contribution is -2.48. The number of aliphatic imine (C=N–C) groups is 1. The van der Waals surface area contributed by atoms with Gasteiger partial charge in [0.25, 0.3) is 5.91 Å². The summed E-state index contributed by atoms with van der Waals surface area (Å²) >= 11 is 0. The molecule has 3 fully saturated rings. The highest BCUT2D eigenvalue weighted by molar-refractivity contribution is 8.14. The van der Waals surface area contributed by atoms with E-state index in [4.69, 9.17) is 24.9 Å². The summed E-state index contributed by atoms with van der Waals surface area (Å²) in [6.45, 7) is 11.4. The van der Waals surface area contributed by atoms with Crippen LogP contribution in [0.3, 0.4) is 0 Å². The number of methoxy groups -OCH3 is 1. The van der Waals surface area contributed by atoms with Gasteiger partial charge in [-0.1, -0.05) is 35.7 Å². The van der Waals surface area contributed by atoms with E-state index in [9.17, 15) is 14.4 Å².